The van der Waals surface area contributed by atoms with Crippen LogP contribution >= 0.6 is 0 Å². The highest BCUT2D eigenvalue weighted by Gasteiger charge is 2.19. The Labute approximate surface area is 159 Å². The van der Waals surface area contributed by atoms with Crippen LogP contribution in [0.4, 0.5) is 5.69 Å². The van der Waals surface area contributed by atoms with E-state index in [1.165, 1.54) is 4.57 Å². The maximum Gasteiger partial charge on any atom is 0.328 e. The fourth-order valence-electron chi connectivity index (χ4n) is 3.10. The lowest BCUT2D eigenvalue weighted by molar-refractivity contribution is 0.587. The number of nitrogens with zero attached hydrogens (tertiary/aromatic N) is 2. The Bertz CT molecular complexity index is 1180. The summed E-state index contributed by atoms with van der Waals surface area (Å²) in [5, 5.41) is 0. The molecule has 1 heterocycles. The van der Waals surface area contributed by atoms with E-state index in [0.717, 1.165) is 16.6 Å². The van der Waals surface area contributed by atoms with Gasteiger partial charge in [0.05, 0.1) is 21.6 Å². The number of rotatable bonds is 3. The summed E-state index contributed by atoms with van der Waals surface area (Å²) in [5.41, 5.74) is 3.52. The summed E-state index contributed by atoms with van der Waals surface area (Å²) in [6.45, 7) is 8.06. The second-order valence-electron chi connectivity index (χ2n) is 7.94. The lowest BCUT2D eigenvalue weighted by Gasteiger charge is -2.19. The van der Waals surface area contributed by atoms with Gasteiger partial charge in [0, 0.05) is 14.1 Å². The maximum atomic E-state index is 12.8. The van der Waals surface area contributed by atoms with E-state index in [9.17, 15) is 13.2 Å². The molecule has 2 aromatic carbocycles. The van der Waals surface area contributed by atoms with Gasteiger partial charge in [0.2, 0.25) is 0 Å². The van der Waals surface area contributed by atoms with Crippen LogP contribution in [0.25, 0.3) is 11.0 Å². The van der Waals surface area contributed by atoms with Crippen LogP contribution in [-0.2, 0) is 29.5 Å². The number of hydrogen-bond acceptors (Lipinski definition) is 3. The molecule has 0 unspecified atom stereocenters. The molecule has 0 aliphatic heterocycles. The summed E-state index contributed by atoms with van der Waals surface area (Å²) < 4.78 is 31.4. The number of aryl methyl sites for hydroxylation is 3. The molecule has 0 amide bonds. The van der Waals surface area contributed by atoms with Gasteiger partial charge in [-0.2, -0.15) is 0 Å². The van der Waals surface area contributed by atoms with Crippen LogP contribution in [0.2, 0.25) is 0 Å². The average molecular weight is 388 g/mol. The van der Waals surface area contributed by atoms with Gasteiger partial charge in [0.25, 0.3) is 10.0 Å². The van der Waals surface area contributed by atoms with Gasteiger partial charge in [-0.3, -0.25) is 13.9 Å². The molecule has 0 aliphatic carbocycles. The Morgan fingerprint density at radius 3 is 1.96 bits per heavy atom. The largest absolute Gasteiger partial charge is 0.328 e. The molecule has 144 valence electrons. The number of benzene rings is 2. The van der Waals surface area contributed by atoms with E-state index in [-0.39, 0.29) is 16.0 Å². The SMILES string of the molecule is Cc1cc2c(cc1NS(=O)(=O)c1ccc(C(C)(C)C)cc1)n(C)c(=O)n2C. The lowest BCUT2D eigenvalue weighted by Crippen LogP contribution is -2.19. The molecule has 3 aromatic rings. The fraction of sp³-hybridized carbons (Fsp3) is 0.350. The van der Waals surface area contributed by atoms with Gasteiger partial charge in [0.1, 0.15) is 0 Å². The van der Waals surface area contributed by atoms with Crippen LogP contribution in [0.3, 0.4) is 0 Å². The number of sulfonamides is 1. The topological polar surface area (TPSA) is 73.1 Å². The predicted octanol–water partition coefficient (Wildman–Crippen LogP) is 3.28. The van der Waals surface area contributed by atoms with Crippen molar-refractivity contribution in [2.45, 2.75) is 38.0 Å². The van der Waals surface area contributed by atoms with Gasteiger partial charge in [-0.25, -0.2) is 13.2 Å². The third kappa shape index (κ3) is 3.39. The molecule has 6 nitrogen and oxygen atoms in total. The molecule has 0 radical (unpaired) electrons. The van der Waals surface area contributed by atoms with E-state index < -0.39 is 10.0 Å². The van der Waals surface area contributed by atoms with Crippen molar-refractivity contribution in [1.82, 2.24) is 9.13 Å². The molecule has 0 spiro atoms. The van der Waals surface area contributed by atoms with E-state index in [1.807, 2.05) is 25.1 Å². The zero-order valence-electron chi connectivity index (χ0n) is 16.5. The van der Waals surface area contributed by atoms with Crippen LogP contribution < -0.4 is 10.4 Å². The first-order chi connectivity index (χ1) is 12.4. The number of anilines is 1. The Balaban J connectivity index is 2.02. The average Bonchev–Trinajstić information content (AvgIpc) is 2.79. The molecule has 0 aliphatic rings. The molecule has 0 atom stereocenters. The standard InChI is InChI=1S/C20H25N3O3S/c1-13-11-17-18(23(6)19(24)22(17)5)12-16(13)21-27(25,26)15-9-7-14(8-10-15)20(2,3)4/h7-12,21H,1-6H3. The normalized spacial score (nSPS) is 12.5. The van der Waals surface area contributed by atoms with E-state index in [4.69, 9.17) is 0 Å². The molecule has 1 N–H and O–H groups in total. The summed E-state index contributed by atoms with van der Waals surface area (Å²) in [7, 11) is -0.358. The fourth-order valence-corrected chi connectivity index (χ4v) is 4.22. The highest BCUT2D eigenvalue weighted by Crippen LogP contribution is 2.27. The Hall–Kier alpha value is -2.54. The minimum atomic E-state index is -3.73. The zero-order valence-corrected chi connectivity index (χ0v) is 17.3. The van der Waals surface area contributed by atoms with Crippen LogP contribution in [-0.4, -0.2) is 17.6 Å². The summed E-state index contributed by atoms with van der Waals surface area (Å²) in [6.07, 6.45) is 0. The van der Waals surface area contributed by atoms with Crippen molar-refractivity contribution in [3.63, 3.8) is 0 Å². The van der Waals surface area contributed by atoms with Crippen molar-refractivity contribution in [1.29, 1.82) is 0 Å². The number of nitrogens with one attached hydrogen (secondary N) is 1. The Morgan fingerprint density at radius 1 is 0.926 bits per heavy atom. The Kier molecular flexibility index (Phi) is 4.46. The van der Waals surface area contributed by atoms with Gasteiger partial charge < -0.3 is 0 Å². The van der Waals surface area contributed by atoms with Crippen molar-refractivity contribution in [3.05, 3.63) is 58.0 Å². The van der Waals surface area contributed by atoms with Crippen LogP contribution in [0.15, 0.2) is 46.1 Å². The molecule has 0 bridgehead atoms. The lowest BCUT2D eigenvalue weighted by atomic mass is 9.87. The van der Waals surface area contributed by atoms with Crippen LogP contribution in [0.1, 0.15) is 31.9 Å². The zero-order chi connectivity index (χ0) is 20.1. The minimum absolute atomic E-state index is 0.0462. The molecule has 27 heavy (non-hydrogen) atoms. The predicted molar refractivity (Wildman–Crippen MR) is 109 cm³/mol. The highest BCUT2D eigenvalue weighted by molar-refractivity contribution is 7.92. The molecular weight excluding hydrogens is 362 g/mol. The van der Waals surface area contributed by atoms with Gasteiger partial charge in [0.15, 0.2) is 0 Å². The molecule has 0 fully saturated rings. The number of imidazole rings is 1. The third-order valence-corrected chi connectivity index (χ3v) is 6.27. The molecular formula is C20H25N3O3S. The van der Waals surface area contributed by atoms with Crippen molar-refractivity contribution in [2.75, 3.05) is 4.72 Å². The molecule has 3 rings (SSSR count). The highest BCUT2D eigenvalue weighted by atomic mass is 32.2. The van der Waals surface area contributed by atoms with Gasteiger partial charge in [-0.15, -0.1) is 0 Å². The monoisotopic (exact) mass is 387 g/mol. The third-order valence-electron chi connectivity index (χ3n) is 4.89. The van der Waals surface area contributed by atoms with Crippen molar-refractivity contribution < 1.29 is 8.42 Å². The first kappa shape index (κ1) is 19.2. The van der Waals surface area contributed by atoms with Crippen molar-refractivity contribution in [3.8, 4) is 0 Å². The number of fused-ring (bicyclic) bond motifs is 1. The van der Waals surface area contributed by atoms with Crippen molar-refractivity contribution >= 4 is 26.7 Å². The van der Waals surface area contributed by atoms with Gasteiger partial charge >= 0.3 is 5.69 Å². The van der Waals surface area contributed by atoms with Crippen LogP contribution in [0.5, 0.6) is 0 Å². The van der Waals surface area contributed by atoms with Gasteiger partial charge in [-0.1, -0.05) is 32.9 Å². The maximum absolute atomic E-state index is 12.8. The quantitative estimate of drug-likeness (QED) is 0.749. The summed E-state index contributed by atoms with van der Waals surface area (Å²) in [6, 6.07) is 10.4. The summed E-state index contributed by atoms with van der Waals surface area (Å²) in [5.74, 6) is 0. The van der Waals surface area contributed by atoms with Crippen molar-refractivity contribution in [2.24, 2.45) is 14.1 Å². The molecule has 0 saturated carbocycles. The molecule has 1 aromatic heterocycles. The van der Waals surface area contributed by atoms with E-state index in [0.29, 0.717) is 11.2 Å². The smallest absolute Gasteiger partial charge is 0.295 e. The minimum Gasteiger partial charge on any atom is -0.295 e. The number of hydrogen-bond donors (Lipinski definition) is 1. The van der Waals surface area contributed by atoms with E-state index in [2.05, 4.69) is 25.5 Å². The first-order valence-electron chi connectivity index (χ1n) is 8.71. The second kappa shape index (κ2) is 6.27. The van der Waals surface area contributed by atoms with E-state index in [1.54, 1.807) is 36.9 Å². The molecule has 0 saturated heterocycles. The van der Waals surface area contributed by atoms with E-state index >= 15 is 0 Å². The Morgan fingerprint density at radius 2 is 1.44 bits per heavy atom. The summed E-state index contributed by atoms with van der Waals surface area (Å²) in [4.78, 5) is 12.3. The first-order valence-corrected chi connectivity index (χ1v) is 10.2. The second-order valence-corrected chi connectivity index (χ2v) is 9.62. The van der Waals surface area contributed by atoms with Crippen LogP contribution in [0, 0.1) is 6.92 Å². The number of aromatic nitrogens is 2. The molecule has 7 heteroatoms. The van der Waals surface area contributed by atoms with Gasteiger partial charge in [-0.05, 0) is 47.7 Å². The summed E-state index contributed by atoms with van der Waals surface area (Å²) >= 11 is 0.